The summed E-state index contributed by atoms with van der Waals surface area (Å²) in [6, 6.07) is 4.98. The van der Waals surface area contributed by atoms with Gasteiger partial charge in [0.05, 0.1) is 18.0 Å². The van der Waals surface area contributed by atoms with Gasteiger partial charge in [-0.25, -0.2) is 4.98 Å². The molecule has 0 unspecified atom stereocenters. The number of nitrogens with zero attached hydrogens (tertiary/aromatic N) is 3. The number of fused-ring (bicyclic) bond motifs is 1. The maximum absolute atomic E-state index is 12.4. The number of aromatic nitrogens is 2. The van der Waals surface area contributed by atoms with Crippen molar-refractivity contribution in [3.05, 3.63) is 34.2 Å². The topological polar surface area (TPSA) is 97.0 Å². The zero-order chi connectivity index (χ0) is 16.3. The summed E-state index contributed by atoms with van der Waals surface area (Å²) >= 11 is 0. The molecule has 1 amide bonds. The molecule has 22 heavy (non-hydrogen) atoms. The molecule has 0 bridgehead atoms. The van der Waals surface area contributed by atoms with Gasteiger partial charge in [-0.05, 0) is 26.0 Å². The van der Waals surface area contributed by atoms with Crippen LogP contribution in [0.1, 0.15) is 19.4 Å². The van der Waals surface area contributed by atoms with E-state index in [1.165, 1.54) is 23.9 Å². The van der Waals surface area contributed by atoms with Crippen LogP contribution < -0.4 is 15.6 Å². The number of hydrogen-bond donors (Lipinski definition) is 1. The third kappa shape index (κ3) is 3.06. The highest BCUT2D eigenvalue weighted by Crippen LogP contribution is 2.18. The summed E-state index contributed by atoms with van der Waals surface area (Å²) in [7, 11) is 1.41. The van der Waals surface area contributed by atoms with Crippen LogP contribution in [0.5, 0.6) is 5.88 Å². The van der Waals surface area contributed by atoms with Crippen molar-refractivity contribution < 1.29 is 9.53 Å². The van der Waals surface area contributed by atoms with Crippen molar-refractivity contribution in [2.24, 2.45) is 0 Å². The van der Waals surface area contributed by atoms with Gasteiger partial charge >= 0.3 is 0 Å². The molecule has 2 aromatic heterocycles. The molecule has 0 atom stereocenters. The molecule has 7 nitrogen and oxygen atoms in total. The second-order valence-electron chi connectivity index (χ2n) is 5.06. The molecular weight excluding hydrogens is 284 g/mol. The fourth-order valence-corrected chi connectivity index (χ4v) is 2.07. The molecule has 7 heteroatoms. The van der Waals surface area contributed by atoms with Crippen LogP contribution in [0.4, 0.5) is 0 Å². The summed E-state index contributed by atoms with van der Waals surface area (Å²) in [5.74, 6) is -0.0804. The van der Waals surface area contributed by atoms with Crippen molar-refractivity contribution in [2.45, 2.75) is 26.4 Å². The van der Waals surface area contributed by atoms with Crippen LogP contribution in [0.15, 0.2) is 23.1 Å². The summed E-state index contributed by atoms with van der Waals surface area (Å²) in [6.07, 6.45) is 1.50. The van der Waals surface area contributed by atoms with E-state index in [9.17, 15) is 9.59 Å². The third-order valence-electron chi connectivity index (χ3n) is 3.00. The maximum atomic E-state index is 12.4. The van der Waals surface area contributed by atoms with Gasteiger partial charge in [-0.2, -0.15) is 5.26 Å². The van der Waals surface area contributed by atoms with Crippen molar-refractivity contribution in [2.75, 3.05) is 7.11 Å². The molecule has 114 valence electrons. The van der Waals surface area contributed by atoms with E-state index in [1.807, 2.05) is 19.9 Å². The highest BCUT2D eigenvalue weighted by Gasteiger charge is 2.12. The minimum absolute atomic E-state index is 0.000206. The first kappa shape index (κ1) is 15.5. The van der Waals surface area contributed by atoms with Crippen molar-refractivity contribution in [3.8, 4) is 11.9 Å². The first-order valence-corrected chi connectivity index (χ1v) is 6.74. The number of pyridine rings is 2. The van der Waals surface area contributed by atoms with Gasteiger partial charge in [0.2, 0.25) is 11.8 Å². The Morgan fingerprint density at radius 1 is 1.55 bits per heavy atom. The van der Waals surface area contributed by atoms with E-state index < -0.39 is 0 Å². The van der Waals surface area contributed by atoms with E-state index in [4.69, 9.17) is 10.00 Å². The van der Waals surface area contributed by atoms with E-state index in [2.05, 4.69) is 10.3 Å². The molecular formula is C15H16N4O3. The predicted octanol–water partition coefficient (Wildman–Crippen LogP) is 0.801. The maximum Gasteiger partial charge on any atom is 0.260 e. The number of rotatable bonds is 4. The average Bonchev–Trinajstić information content (AvgIpc) is 2.48. The molecule has 1 N–H and O–H groups in total. The van der Waals surface area contributed by atoms with Crippen LogP contribution in [-0.2, 0) is 11.3 Å². The Kier molecular flexibility index (Phi) is 4.41. The molecule has 2 aromatic rings. The molecule has 0 aliphatic rings. The SMILES string of the molecule is COc1nc2ccn(CC(=O)NC(C)C)c(=O)c2cc1C#N. The molecule has 0 fully saturated rings. The summed E-state index contributed by atoms with van der Waals surface area (Å²) in [6.45, 7) is 3.60. The molecule has 2 heterocycles. The lowest BCUT2D eigenvalue weighted by Crippen LogP contribution is -2.35. The molecule has 0 aromatic carbocycles. The number of carbonyl (C=O) groups excluding carboxylic acids is 1. The lowest BCUT2D eigenvalue weighted by molar-refractivity contribution is -0.122. The smallest absolute Gasteiger partial charge is 0.260 e. The van der Waals surface area contributed by atoms with E-state index in [1.54, 1.807) is 6.07 Å². The summed E-state index contributed by atoms with van der Waals surface area (Å²) in [5, 5.41) is 12.1. The quantitative estimate of drug-likeness (QED) is 0.900. The lowest BCUT2D eigenvalue weighted by atomic mass is 10.2. The van der Waals surface area contributed by atoms with Crippen LogP contribution in [0.25, 0.3) is 10.9 Å². The minimum Gasteiger partial charge on any atom is -0.480 e. The first-order valence-electron chi connectivity index (χ1n) is 6.74. The number of nitrogens with one attached hydrogen (secondary N) is 1. The average molecular weight is 300 g/mol. The summed E-state index contributed by atoms with van der Waals surface area (Å²) in [5.41, 5.74) is 0.223. The molecule has 0 saturated carbocycles. The van der Waals surface area contributed by atoms with Gasteiger partial charge in [0, 0.05) is 12.2 Å². The van der Waals surface area contributed by atoms with Crippen LogP contribution in [0.3, 0.4) is 0 Å². The standard InChI is InChI=1S/C15H16N4O3/c1-9(2)17-13(20)8-19-5-4-12-11(15(19)21)6-10(7-16)14(18-12)22-3/h4-6,9H,8H2,1-3H3,(H,17,20). The Bertz CT molecular complexity index is 818. The summed E-state index contributed by atoms with van der Waals surface area (Å²) < 4.78 is 6.30. The number of amides is 1. The number of methoxy groups -OCH3 is 1. The molecule has 0 aliphatic carbocycles. The van der Waals surface area contributed by atoms with Crippen molar-refractivity contribution >= 4 is 16.8 Å². The number of ether oxygens (including phenoxy) is 1. The Morgan fingerprint density at radius 2 is 2.27 bits per heavy atom. The molecule has 0 saturated heterocycles. The first-order chi connectivity index (χ1) is 10.5. The van der Waals surface area contributed by atoms with E-state index >= 15 is 0 Å². The van der Waals surface area contributed by atoms with Crippen molar-refractivity contribution in [3.63, 3.8) is 0 Å². The number of carbonyl (C=O) groups is 1. The second kappa shape index (κ2) is 6.26. The number of nitriles is 1. The second-order valence-corrected chi connectivity index (χ2v) is 5.06. The van der Waals surface area contributed by atoms with Crippen LogP contribution in [-0.4, -0.2) is 28.6 Å². The Morgan fingerprint density at radius 3 is 2.86 bits per heavy atom. The van der Waals surface area contributed by atoms with Gasteiger partial charge in [0.25, 0.3) is 5.56 Å². The lowest BCUT2D eigenvalue weighted by Gasteiger charge is -2.11. The van der Waals surface area contributed by atoms with Gasteiger partial charge in [-0.3, -0.25) is 9.59 Å². The monoisotopic (exact) mass is 300 g/mol. The minimum atomic E-state index is -0.372. The largest absolute Gasteiger partial charge is 0.480 e. The van der Waals surface area contributed by atoms with Crippen LogP contribution >= 0.6 is 0 Å². The fraction of sp³-hybridized carbons (Fsp3) is 0.333. The Hall–Kier alpha value is -2.88. The highest BCUT2D eigenvalue weighted by atomic mass is 16.5. The zero-order valence-corrected chi connectivity index (χ0v) is 12.6. The van der Waals surface area contributed by atoms with Gasteiger partial charge in [-0.15, -0.1) is 0 Å². The molecule has 0 radical (unpaired) electrons. The van der Waals surface area contributed by atoms with E-state index in [-0.39, 0.29) is 40.9 Å². The zero-order valence-electron chi connectivity index (χ0n) is 12.6. The predicted molar refractivity (Wildman–Crippen MR) is 80.5 cm³/mol. The van der Waals surface area contributed by atoms with E-state index in [0.29, 0.717) is 5.52 Å². The molecule has 0 aliphatic heterocycles. The van der Waals surface area contributed by atoms with Crippen molar-refractivity contribution in [1.29, 1.82) is 5.26 Å². The normalized spacial score (nSPS) is 10.5. The highest BCUT2D eigenvalue weighted by molar-refractivity contribution is 5.81. The van der Waals surface area contributed by atoms with Gasteiger partial charge in [-0.1, -0.05) is 0 Å². The van der Waals surface area contributed by atoms with Gasteiger partial charge in [0.15, 0.2) is 0 Å². The fourth-order valence-electron chi connectivity index (χ4n) is 2.07. The Labute approximate surface area is 127 Å². The molecule has 0 spiro atoms. The van der Waals surface area contributed by atoms with Gasteiger partial charge < -0.3 is 14.6 Å². The van der Waals surface area contributed by atoms with Gasteiger partial charge in [0.1, 0.15) is 18.2 Å². The van der Waals surface area contributed by atoms with Crippen molar-refractivity contribution in [1.82, 2.24) is 14.9 Å². The molecule has 2 rings (SSSR count). The Balaban J connectivity index is 2.48. The third-order valence-corrected chi connectivity index (χ3v) is 3.00. The van der Waals surface area contributed by atoms with Crippen LogP contribution in [0, 0.1) is 11.3 Å². The summed E-state index contributed by atoms with van der Waals surface area (Å²) in [4.78, 5) is 28.3. The van der Waals surface area contributed by atoms with Crippen LogP contribution in [0.2, 0.25) is 0 Å². The van der Waals surface area contributed by atoms with E-state index in [0.717, 1.165) is 0 Å². The number of hydrogen-bond acceptors (Lipinski definition) is 5.